The minimum atomic E-state index is -2.14. The number of carbonyl (C=O) groups excluding carboxylic acids is 3. The van der Waals surface area contributed by atoms with Gasteiger partial charge in [0, 0.05) is 6.92 Å². The molecule has 5 aliphatic carbocycles. The molecule has 0 radical (unpaired) electrons. The van der Waals surface area contributed by atoms with Crippen LogP contribution in [-0.4, -0.2) is 246 Å². The summed E-state index contributed by atoms with van der Waals surface area (Å²) in [5, 5.41) is 134. The van der Waals surface area contributed by atoms with E-state index in [0.29, 0.717) is 32.1 Å². The van der Waals surface area contributed by atoms with Gasteiger partial charge in [-0.3, -0.25) is 4.79 Å². The average molecular weight is 1360 g/mol. The fraction of sp³-hybridized carbons (Fsp3) is 0.739. The zero-order chi connectivity index (χ0) is 69.7. The third kappa shape index (κ3) is 12.3. The third-order valence-corrected chi connectivity index (χ3v) is 24.1. The summed E-state index contributed by atoms with van der Waals surface area (Å²) in [5.74, 6) is -4.77. The van der Waals surface area contributed by atoms with Gasteiger partial charge in [-0.25, -0.2) is 14.4 Å². The van der Waals surface area contributed by atoms with Gasteiger partial charge in [0.15, 0.2) is 43.5 Å². The first-order chi connectivity index (χ1) is 45.2. The molecule has 0 unspecified atom stereocenters. The van der Waals surface area contributed by atoms with Crippen molar-refractivity contribution in [1.29, 1.82) is 0 Å². The number of carboxylic acid groups (broad SMARTS) is 1. The average Bonchev–Trinajstić information content (AvgIpc) is 1.05. The molecule has 27 nitrogen and oxygen atoms in total. The molecule has 0 bridgehead atoms. The molecular weight excluding hydrogens is 1260 g/mol. The van der Waals surface area contributed by atoms with Crippen molar-refractivity contribution < 1.29 is 133 Å². The summed E-state index contributed by atoms with van der Waals surface area (Å²) in [7, 11) is 0. The maximum absolute atomic E-state index is 13.8. The van der Waals surface area contributed by atoms with Crippen LogP contribution in [0.4, 0.5) is 0 Å². The summed E-state index contributed by atoms with van der Waals surface area (Å²) in [4.78, 5) is 54.0. The Morgan fingerprint density at radius 1 is 0.552 bits per heavy atom. The van der Waals surface area contributed by atoms with E-state index in [-0.39, 0.29) is 35.8 Å². The molecule has 30 atom stereocenters. The van der Waals surface area contributed by atoms with Crippen molar-refractivity contribution in [2.24, 2.45) is 50.2 Å². The highest BCUT2D eigenvalue weighted by Crippen LogP contribution is 2.76. The lowest BCUT2D eigenvalue weighted by Crippen LogP contribution is -2.73. The molecule has 4 saturated heterocycles. The Morgan fingerprint density at radius 2 is 1.10 bits per heavy atom. The second kappa shape index (κ2) is 27.3. The van der Waals surface area contributed by atoms with Gasteiger partial charge in [0.1, 0.15) is 79.4 Å². The summed E-state index contributed by atoms with van der Waals surface area (Å²) in [6.07, 6.45) is -32.3. The summed E-state index contributed by atoms with van der Waals surface area (Å²) < 4.78 is 68.3. The number of benzene rings is 2. The SMILES string of the molecule is CC(=O)O[C@H]1[C@H](O[C@@H]2O[C@@H](C)[C@H](OC(=O)c3ccccc3)[C@@H](OC(=O)c3ccccc3)[C@H]2O)C(C)(C)C[C@H]2C3=CC[C@@H]4[C@@]5(C)CC[C@H](O[C@@H]6O[C@H](C(=O)O)[C@@H](O)[C@H](O[C@@H]7O[C@@H](CO)[C@H](O)[C@H]7O)[C@H]6O[C@@H]6O[C@H](CO)[C@H](O)[C@H](O)[C@H]6O)C(C)(C)[C@@H]5CC[C@@]4(C)[C@]3(C)C[C@@H](O)[C@]21CO. The summed E-state index contributed by atoms with van der Waals surface area (Å²) in [6.45, 7) is 15.1. The molecule has 9 aliphatic rings. The van der Waals surface area contributed by atoms with E-state index in [1.165, 1.54) is 19.1 Å². The van der Waals surface area contributed by atoms with Crippen LogP contribution in [0.3, 0.4) is 0 Å². The van der Waals surface area contributed by atoms with Crippen molar-refractivity contribution >= 4 is 23.9 Å². The Morgan fingerprint density at radius 3 is 1.67 bits per heavy atom. The molecule has 8 fully saturated rings. The minimum Gasteiger partial charge on any atom is -0.479 e. The highest BCUT2D eigenvalue weighted by Gasteiger charge is 2.74. The molecule has 0 amide bonds. The van der Waals surface area contributed by atoms with Crippen LogP contribution in [0.5, 0.6) is 0 Å². The molecule has 12 N–H and O–H groups in total. The molecule has 0 spiro atoms. The van der Waals surface area contributed by atoms with Gasteiger partial charge in [-0.15, -0.1) is 0 Å². The predicted octanol–water partition coefficient (Wildman–Crippen LogP) is 1.41. The number of hydrogen-bond donors (Lipinski definition) is 12. The van der Waals surface area contributed by atoms with Gasteiger partial charge < -0.3 is 113 Å². The van der Waals surface area contributed by atoms with Gasteiger partial charge >= 0.3 is 23.9 Å². The van der Waals surface area contributed by atoms with Crippen molar-refractivity contribution in [2.75, 3.05) is 19.8 Å². The van der Waals surface area contributed by atoms with Crippen molar-refractivity contribution in [1.82, 2.24) is 0 Å². The van der Waals surface area contributed by atoms with Gasteiger partial charge in [-0.05, 0) is 121 Å². The van der Waals surface area contributed by atoms with Crippen molar-refractivity contribution in [3.05, 3.63) is 83.4 Å². The Balaban J connectivity index is 0.875. The number of allylic oxidation sites excluding steroid dienone is 2. The highest BCUT2D eigenvalue weighted by atomic mass is 16.8. The number of aliphatic hydroxyl groups is 11. The van der Waals surface area contributed by atoms with Crippen LogP contribution in [0.15, 0.2) is 72.3 Å². The number of rotatable bonds is 17. The largest absolute Gasteiger partial charge is 0.479 e. The molecule has 11 rings (SSSR count). The molecule has 4 aliphatic heterocycles. The Kier molecular flexibility index (Phi) is 20.7. The van der Waals surface area contributed by atoms with Crippen LogP contribution in [0, 0.1) is 50.2 Å². The fourth-order valence-corrected chi connectivity index (χ4v) is 18.8. The van der Waals surface area contributed by atoms with E-state index in [1.807, 2.05) is 27.7 Å². The minimum absolute atomic E-state index is 0.0522. The second-order valence-electron chi connectivity index (χ2n) is 30.1. The van der Waals surface area contributed by atoms with Crippen LogP contribution >= 0.6 is 0 Å². The zero-order valence-corrected chi connectivity index (χ0v) is 55.4. The summed E-state index contributed by atoms with van der Waals surface area (Å²) in [5.41, 5.74) is -3.76. The first-order valence-electron chi connectivity index (χ1n) is 33.4. The van der Waals surface area contributed by atoms with E-state index in [1.54, 1.807) is 55.5 Å². The van der Waals surface area contributed by atoms with E-state index in [9.17, 15) is 80.5 Å². The third-order valence-electron chi connectivity index (χ3n) is 24.1. The van der Waals surface area contributed by atoms with Crippen molar-refractivity contribution in [2.45, 2.75) is 248 Å². The van der Waals surface area contributed by atoms with E-state index >= 15 is 0 Å². The molecule has 96 heavy (non-hydrogen) atoms. The second-order valence-corrected chi connectivity index (χ2v) is 30.1. The van der Waals surface area contributed by atoms with E-state index in [2.05, 4.69) is 26.8 Å². The van der Waals surface area contributed by atoms with Gasteiger partial charge in [0.2, 0.25) is 0 Å². The number of esters is 3. The maximum atomic E-state index is 13.8. The number of fused-ring (bicyclic) bond motifs is 7. The topological polar surface area (TPSA) is 413 Å². The molecule has 0 aromatic heterocycles. The lowest BCUT2D eigenvalue weighted by Gasteiger charge is -2.72. The predicted molar refractivity (Wildman–Crippen MR) is 329 cm³/mol. The van der Waals surface area contributed by atoms with Crippen LogP contribution in [0.2, 0.25) is 0 Å². The van der Waals surface area contributed by atoms with Crippen LogP contribution in [-0.2, 0) is 61.7 Å². The molecule has 2 aromatic rings. The maximum Gasteiger partial charge on any atom is 0.338 e. The quantitative estimate of drug-likeness (QED) is 0.0461. The molecule has 27 heteroatoms. The number of carbonyl (C=O) groups is 4. The van der Waals surface area contributed by atoms with Crippen molar-refractivity contribution in [3.8, 4) is 0 Å². The zero-order valence-electron chi connectivity index (χ0n) is 55.4. The first-order valence-corrected chi connectivity index (χ1v) is 33.4. The van der Waals surface area contributed by atoms with Crippen LogP contribution in [0.25, 0.3) is 0 Å². The first kappa shape index (κ1) is 72.5. The Bertz CT molecular complexity index is 3130. The molecule has 4 saturated carbocycles. The lowest BCUT2D eigenvalue weighted by molar-refractivity contribution is -0.386. The monoisotopic (exact) mass is 1360 g/mol. The number of ether oxygens (including phenoxy) is 11. The van der Waals surface area contributed by atoms with Gasteiger partial charge in [-0.1, -0.05) is 96.5 Å². The molecule has 534 valence electrons. The number of hydrogen-bond acceptors (Lipinski definition) is 26. The van der Waals surface area contributed by atoms with Crippen LogP contribution in [0.1, 0.15) is 128 Å². The van der Waals surface area contributed by atoms with Gasteiger partial charge in [0.25, 0.3) is 0 Å². The Hall–Kier alpha value is -4.70. The van der Waals surface area contributed by atoms with Crippen molar-refractivity contribution in [3.63, 3.8) is 0 Å². The fourth-order valence-electron chi connectivity index (χ4n) is 18.8. The van der Waals surface area contributed by atoms with Gasteiger partial charge in [0.05, 0.1) is 54.7 Å². The standard InChI is InChI=1S/C69H96O27/c1-31-50(91-58(84)33-16-12-10-13-17-33)52(92-59(85)34-18-14-11-15-19-34)49(81)62(86-31)96-55-56(87-32(2)73)69(30-72)36(26-64(55,3)4)35-20-21-40-66(7)24-23-42(65(5,6)39(66)22-25-67(40,8)68(35,9)27-41(69)74)90-63-54(95-61-47(79)45(77)43(75)37(28-70)88-61)51(48(80)53(94-63)57(82)83)93-60-46(78)44(76)38(29-71)89-60/h10-20,31,36-56,60-63,70-72,74-81H,21-30H2,1-9H3,(H,82,83)/t31-,36-,37+,38-,39-,40+,41+,42-,43-,44-,45-,46+,47+,48-,49+,50-,51-,52-,53-,54+,55-,56-,60-,61-,62-,63+,66-,67+,68+,69-/m0/s1. The highest BCUT2D eigenvalue weighted by molar-refractivity contribution is 5.90. The molecule has 2 aromatic carbocycles. The lowest BCUT2D eigenvalue weighted by atomic mass is 9.33. The molecular formula is C69H96O27. The van der Waals surface area contributed by atoms with Gasteiger partial charge in [-0.2, -0.15) is 0 Å². The molecule has 4 heterocycles. The van der Waals surface area contributed by atoms with E-state index < -0.39 is 223 Å². The van der Waals surface area contributed by atoms with Crippen LogP contribution < -0.4 is 0 Å². The number of aliphatic carboxylic acids is 1. The summed E-state index contributed by atoms with van der Waals surface area (Å²) in [6, 6.07) is 16.2. The Labute approximate surface area is 556 Å². The van der Waals surface area contributed by atoms with E-state index in [0.717, 1.165) is 5.57 Å². The number of aliphatic hydroxyl groups excluding tert-OH is 11. The van der Waals surface area contributed by atoms with E-state index in [4.69, 9.17) is 52.1 Å². The normalized spacial score (nSPS) is 46.4. The number of carboxylic acids is 1. The summed E-state index contributed by atoms with van der Waals surface area (Å²) >= 11 is 0. The smallest absolute Gasteiger partial charge is 0.338 e.